The smallest absolute Gasteiger partial charge is 0.348 e. The first-order valence-electron chi connectivity index (χ1n) is 8.66. The van der Waals surface area contributed by atoms with Gasteiger partial charge in [-0.15, -0.1) is 0 Å². The van der Waals surface area contributed by atoms with Gasteiger partial charge in [-0.2, -0.15) is 0 Å². The van der Waals surface area contributed by atoms with Crippen molar-refractivity contribution in [3.8, 4) is 10.8 Å². The van der Waals surface area contributed by atoms with E-state index in [0.717, 1.165) is 11.3 Å². The van der Waals surface area contributed by atoms with Gasteiger partial charge in [-0.25, -0.2) is 9.18 Å². The highest BCUT2D eigenvalue weighted by Crippen LogP contribution is 2.43. The Morgan fingerprint density at radius 1 is 1.19 bits per heavy atom. The molecule has 5 nitrogen and oxygen atoms in total. The summed E-state index contributed by atoms with van der Waals surface area (Å²) in [7, 11) is 0. The van der Waals surface area contributed by atoms with Crippen molar-refractivity contribution in [1.29, 1.82) is 0 Å². The summed E-state index contributed by atoms with van der Waals surface area (Å²) in [5, 5.41) is 0.298. The molecule has 1 aromatic heterocycles. The van der Waals surface area contributed by atoms with Crippen LogP contribution in [0.4, 0.5) is 4.39 Å². The van der Waals surface area contributed by atoms with Crippen molar-refractivity contribution < 1.29 is 28.2 Å². The lowest BCUT2D eigenvalue weighted by Crippen LogP contribution is -2.16. The Labute approximate surface area is 160 Å². The van der Waals surface area contributed by atoms with Gasteiger partial charge in [-0.05, 0) is 56.5 Å². The Morgan fingerprint density at radius 2 is 1.93 bits per heavy atom. The number of carbonyl (C=O) groups is 2. The van der Waals surface area contributed by atoms with Crippen LogP contribution in [0.3, 0.4) is 0 Å². The zero-order valence-corrected chi connectivity index (χ0v) is 15.9. The molecule has 0 bridgehead atoms. The Balaban J connectivity index is 2.03. The number of allylic oxidation sites excluding steroid dienone is 1. The van der Waals surface area contributed by atoms with Crippen LogP contribution in [0.15, 0.2) is 36.1 Å². The minimum atomic E-state index is -0.474. The molecule has 0 atom stereocenters. The molecule has 1 heterocycles. The lowest BCUT2D eigenvalue weighted by atomic mass is 9.88. The lowest BCUT2D eigenvalue weighted by Gasteiger charge is -2.16. The van der Waals surface area contributed by atoms with E-state index in [1.54, 1.807) is 6.92 Å². The summed E-state index contributed by atoms with van der Waals surface area (Å²) in [5.41, 5.74) is 1.51. The van der Waals surface area contributed by atoms with Gasteiger partial charge < -0.3 is 14.2 Å². The Bertz CT molecular complexity index is 883. The molecular formula is C20H19FO5S. The number of fused-ring (bicyclic) bond motifs is 1. The molecular weight excluding hydrogens is 371 g/mol. The molecule has 1 aromatic carbocycles. The van der Waals surface area contributed by atoms with Gasteiger partial charge in [0.25, 0.3) is 0 Å². The zero-order valence-electron chi connectivity index (χ0n) is 15.0. The minimum absolute atomic E-state index is 0.228. The standard InChI is InChI=1S/C20H19FO5S/c1-3-24-11-12-5-10-15-16(17(12)22)20(27-18(15)19(23)25-4-2)26-14-8-6-13(21)7-9-14/h6-9,11H,3-5,10H2,1-2H3. The van der Waals surface area contributed by atoms with Gasteiger partial charge in [0.05, 0.1) is 25.0 Å². The molecule has 0 fully saturated rings. The maximum Gasteiger partial charge on any atom is 0.348 e. The second kappa shape index (κ2) is 8.35. The summed E-state index contributed by atoms with van der Waals surface area (Å²) >= 11 is 1.07. The van der Waals surface area contributed by atoms with Crippen molar-refractivity contribution in [2.75, 3.05) is 13.2 Å². The van der Waals surface area contributed by atoms with Crippen LogP contribution in [0.5, 0.6) is 10.8 Å². The third kappa shape index (κ3) is 4.03. The third-order valence-corrected chi connectivity index (χ3v) is 5.11. The first-order valence-corrected chi connectivity index (χ1v) is 9.48. The number of carbonyl (C=O) groups excluding carboxylic acids is 2. The van der Waals surface area contributed by atoms with Crippen LogP contribution < -0.4 is 4.74 Å². The molecule has 1 aliphatic carbocycles. The van der Waals surface area contributed by atoms with Gasteiger partial charge in [0.2, 0.25) is 0 Å². The molecule has 0 N–H and O–H groups in total. The fourth-order valence-corrected chi connectivity index (χ4v) is 3.89. The summed E-state index contributed by atoms with van der Waals surface area (Å²) in [5.74, 6) is -0.711. The van der Waals surface area contributed by atoms with E-state index < -0.39 is 5.97 Å². The number of Topliss-reactive ketones (excluding diaryl/α,β-unsaturated/α-hetero) is 1. The molecule has 7 heteroatoms. The number of esters is 1. The molecule has 0 aliphatic heterocycles. The van der Waals surface area contributed by atoms with Crippen molar-refractivity contribution >= 4 is 23.1 Å². The van der Waals surface area contributed by atoms with Crippen molar-refractivity contribution in [2.24, 2.45) is 0 Å². The first kappa shape index (κ1) is 19.1. The van der Waals surface area contributed by atoms with Crippen molar-refractivity contribution in [3.63, 3.8) is 0 Å². The summed E-state index contributed by atoms with van der Waals surface area (Å²) in [6.45, 7) is 4.26. The van der Waals surface area contributed by atoms with Gasteiger partial charge in [-0.3, -0.25) is 4.79 Å². The minimum Gasteiger partial charge on any atom is -0.501 e. The van der Waals surface area contributed by atoms with Crippen molar-refractivity contribution in [2.45, 2.75) is 26.7 Å². The SMILES string of the molecule is CCOC=C1CCc2c(C(=O)OCC)sc(Oc3ccc(F)cc3)c2C1=O. The quantitative estimate of drug-likeness (QED) is 0.399. The molecule has 0 unspecified atom stereocenters. The highest BCUT2D eigenvalue weighted by atomic mass is 32.1. The van der Waals surface area contributed by atoms with Gasteiger partial charge in [0, 0.05) is 5.57 Å². The highest BCUT2D eigenvalue weighted by Gasteiger charge is 2.34. The second-order valence-corrected chi connectivity index (χ2v) is 6.76. The molecule has 2 aromatic rings. The summed E-state index contributed by atoms with van der Waals surface area (Å²) < 4.78 is 29.3. The summed E-state index contributed by atoms with van der Waals surface area (Å²) in [6, 6.07) is 5.47. The Kier molecular flexibility index (Phi) is 5.91. The van der Waals surface area contributed by atoms with E-state index in [0.29, 0.717) is 51.8 Å². The number of ketones is 1. The number of hydrogen-bond donors (Lipinski definition) is 0. The van der Waals surface area contributed by atoms with Crippen LogP contribution in [-0.2, 0) is 15.9 Å². The molecule has 0 radical (unpaired) electrons. The normalized spacial score (nSPS) is 14.8. The number of benzene rings is 1. The topological polar surface area (TPSA) is 61.8 Å². The molecule has 1 aliphatic rings. The van der Waals surface area contributed by atoms with Crippen molar-refractivity contribution in [1.82, 2.24) is 0 Å². The predicted octanol–water partition coefficient (Wildman–Crippen LogP) is 4.91. The first-order chi connectivity index (χ1) is 13.0. The van der Waals surface area contributed by atoms with E-state index in [-0.39, 0.29) is 18.2 Å². The van der Waals surface area contributed by atoms with Gasteiger partial charge in [0.1, 0.15) is 16.4 Å². The molecule has 0 saturated heterocycles. The molecule has 142 valence electrons. The average Bonchev–Trinajstić information content (AvgIpc) is 3.02. The van der Waals surface area contributed by atoms with E-state index in [4.69, 9.17) is 14.2 Å². The summed E-state index contributed by atoms with van der Waals surface area (Å²) in [4.78, 5) is 25.6. The largest absolute Gasteiger partial charge is 0.501 e. The molecule has 0 saturated carbocycles. The number of ether oxygens (including phenoxy) is 3. The average molecular weight is 390 g/mol. The van der Waals surface area contributed by atoms with E-state index in [1.807, 2.05) is 6.92 Å². The van der Waals surface area contributed by atoms with Gasteiger partial charge in [0.15, 0.2) is 10.8 Å². The van der Waals surface area contributed by atoms with Crippen molar-refractivity contribution in [3.05, 3.63) is 57.9 Å². The van der Waals surface area contributed by atoms with Crippen LogP contribution >= 0.6 is 11.3 Å². The molecule has 0 amide bonds. The second-order valence-electron chi connectivity index (χ2n) is 5.78. The van der Waals surface area contributed by atoms with E-state index in [2.05, 4.69) is 0 Å². The molecule has 27 heavy (non-hydrogen) atoms. The number of hydrogen-bond acceptors (Lipinski definition) is 6. The number of rotatable bonds is 6. The fourth-order valence-electron chi connectivity index (χ4n) is 2.78. The maximum absolute atomic E-state index is 13.1. The fraction of sp³-hybridized carbons (Fsp3) is 0.300. The Morgan fingerprint density at radius 3 is 2.59 bits per heavy atom. The van der Waals surface area contributed by atoms with E-state index in [1.165, 1.54) is 30.5 Å². The van der Waals surface area contributed by atoms with Crippen LogP contribution in [0, 0.1) is 5.82 Å². The number of halogens is 1. The van der Waals surface area contributed by atoms with Gasteiger partial charge in [-0.1, -0.05) is 11.3 Å². The monoisotopic (exact) mass is 390 g/mol. The van der Waals surface area contributed by atoms with Crippen LogP contribution in [0.2, 0.25) is 0 Å². The van der Waals surface area contributed by atoms with E-state index >= 15 is 0 Å². The number of thiophene rings is 1. The summed E-state index contributed by atoms with van der Waals surface area (Å²) in [6.07, 6.45) is 2.46. The Hall–Kier alpha value is -2.67. The predicted molar refractivity (Wildman–Crippen MR) is 99.1 cm³/mol. The molecule has 0 spiro atoms. The lowest BCUT2D eigenvalue weighted by molar-refractivity contribution is 0.0531. The maximum atomic E-state index is 13.1. The van der Waals surface area contributed by atoms with Crippen LogP contribution in [-0.4, -0.2) is 25.0 Å². The highest BCUT2D eigenvalue weighted by molar-refractivity contribution is 7.16. The van der Waals surface area contributed by atoms with Crippen LogP contribution in [0.1, 0.15) is 45.9 Å². The van der Waals surface area contributed by atoms with Crippen LogP contribution in [0.25, 0.3) is 0 Å². The van der Waals surface area contributed by atoms with Gasteiger partial charge >= 0.3 is 5.97 Å². The zero-order chi connectivity index (χ0) is 19.4. The molecule has 3 rings (SSSR count). The third-order valence-electron chi connectivity index (χ3n) is 4.02. The van der Waals surface area contributed by atoms with E-state index in [9.17, 15) is 14.0 Å².